The number of hydrogen-bond acceptors (Lipinski definition) is 8. The molecule has 0 aromatic heterocycles. The lowest BCUT2D eigenvalue weighted by molar-refractivity contribution is -0.368. The number of Topliss-reactive ketones (excluding diaryl/α,β-unsaturated/α-hetero) is 1. The van der Waals surface area contributed by atoms with Gasteiger partial charge < -0.3 is 34.6 Å². The number of aliphatic hydroxyl groups excluding tert-OH is 1. The van der Waals surface area contributed by atoms with Gasteiger partial charge in [-0.15, -0.1) is 0 Å². The van der Waals surface area contributed by atoms with Crippen LogP contribution in [0.2, 0.25) is 0 Å². The first-order valence-corrected chi connectivity index (χ1v) is 13.7. The minimum atomic E-state index is -2.25. The zero-order valence-electron chi connectivity index (χ0n) is 24.3. The van der Waals surface area contributed by atoms with Crippen LogP contribution in [-0.2, 0) is 19.0 Å². The third-order valence-corrected chi connectivity index (χ3v) is 11.0. The van der Waals surface area contributed by atoms with Gasteiger partial charge in [0.2, 0.25) is 0 Å². The average Bonchev–Trinajstić information content (AvgIpc) is 3.01. The van der Waals surface area contributed by atoms with Crippen LogP contribution in [0.25, 0.3) is 0 Å². The zero-order valence-corrected chi connectivity index (χ0v) is 24.3. The van der Waals surface area contributed by atoms with Gasteiger partial charge in [-0.25, -0.2) is 0 Å². The van der Waals surface area contributed by atoms with Crippen molar-refractivity contribution in [1.82, 2.24) is 0 Å². The van der Waals surface area contributed by atoms with E-state index in [-0.39, 0.29) is 18.6 Å². The Hall–Kier alpha value is -0.870. The lowest BCUT2D eigenvalue weighted by Gasteiger charge is -2.66. The molecule has 4 aliphatic rings. The highest BCUT2D eigenvalue weighted by molar-refractivity contribution is 6.05. The van der Waals surface area contributed by atoms with Crippen LogP contribution in [0, 0.1) is 35.0 Å². The summed E-state index contributed by atoms with van der Waals surface area (Å²) >= 11 is 0. The number of carbonyl (C=O) groups excluding carboxylic acids is 1. The number of ether oxygens (including phenoxy) is 3. The molecule has 3 aliphatic carbocycles. The average molecular weight is 525 g/mol. The SMILES string of the molecule is CC1=C[C@@H]2[C@@](O)(C1=O)[C@@H]1OC(C)(C)OC[C@]1(O)[C@@H](C)[C@H]1C(C)(C)[C@](C)(OC(C)C(C)C)[C@H](O)[C@@H](C)[C@]21O. The third-order valence-electron chi connectivity index (χ3n) is 11.0. The molecule has 0 amide bonds. The van der Waals surface area contributed by atoms with Crippen LogP contribution in [-0.4, -0.2) is 79.3 Å². The van der Waals surface area contributed by atoms with E-state index in [9.17, 15) is 25.2 Å². The number of hydrogen-bond donors (Lipinski definition) is 4. The molecule has 3 fully saturated rings. The van der Waals surface area contributed by atoms with Gasteiger partial charge in [0.25, 0.3) is 0 Å². The second kappa shape index (κ2) is 8.32. The Labute approximate surface area is 221 Å². The Morgan fingerprint density at radius 2 is 1.59 bits per heavy atom. The molecular weight excluding hydrogens is 476 g/mol. The predicted octanol–water partition coefficient (Wildman–Crippen LogP) is 2.60. The first-order valence-electron chi connectivity index (χ1n) is 13.7. The highest BCUT2D eigenvalue weighted by Crippen LogP contribution is 2.67. The molecule has 37 heavy (non-hydrogen) atoms. The third kappa shape index (κ3) is 3.49. The molecule has 11 atom stereocenters. The van der Waals surface area contributed by atoms with E-state index in [0.29, 0.717) is 5.57 Å². The number of carbonyl (C=O) groups is 1. The van der Waals surface area contributed by atoms with Crippen LogP contribution in [0.5, 0.6) is 0 Å². The molecule has 1 heterocycles. The van der Waals surface area contributed by atoms with Crippen molar-refractivity contribution in [2.45, 2.75) is 123 Å². The summed E-state index contributed by atoms with van der Waals surface area (Å²) in [6.07, 6.45) is -1.07. The molecule has 8 nitrogen and oxygen atoms in total. The van der Waals surface area contributed by atoms with Gasteiger partial charge in [-0.05, 0) is 52.0 Å². The molecule has 0 bridgehead atoms. The Kier molecular flexibility index (Phi) is 6.55. The second-order valence-electron chi connectivity index (χ2n) is 13.9. The molecule has 1 unspecified atom stereocenters. The molecule has 1 aliphatic heterocycles. The molecule has 4 rings (SSSR count). The van der Waals surface area contributed by atoms with Crippen molar-refractivity contribution < 1.29 is 39.4 Å². The molecule has 1 saturated heterocycles. The summed E-state index contributed by atoms with van der Waals surface area (Å²) in [5.41, 5.74) is -7.59. The highest BCUT2D eigenvalue weighted by Gasteiger charge is 2.80. The summed E-state index contributed by atoms with van der Waals surface area (Å²) < 4.78 is 18.8. The van der Waals surface area contributed by atoms with Crippen molar-refractivity contribution in [3.05, 3.63) is 11.6 Å². The van der Waals surface area contributed by atoms with E-state index in [2.05, 4.69) is 0 Å². The van der Waals surface area contributed by atoms with Gasteiger partial charge in [-0.2, -0.15) is 0 Å². The lowest BCUT2D eigenvalue weighted by Crippen LogP contribution is -2.76. The van der Waals surface area contributed by atoms with Crippen LogP contribution in [0.1, 0.15) is 76.2 Å². The molecular formula is C29H48O8. The molecule has 212 valence electrons. The largest absolute Gasteiger partial charge is 0.390 e. The van der Waals surface area contributed by atoms with Crippen LogP contribution >= 0.6 is 0 Å². The molecule has 8 heteroatoms. The molecule has 4 N–H and O–H groups in total. The van der Waals surface area contributed by atoms with E-state index < -0.39 is 75.3 Å². The van der Waals surface area contributed by atoms with Crippen molar-refractivity contribution in [2.75, 3.05) is 6.61 Å². The summed E-state index contributed by atoms with van der Waals surface area (Å²) in [5.74, 6) is -4.95. The molecule has 0 aromatic rings. The van der Waals surface area contributed by atoms with E-state index >= 15 is 0 Å². The summed E-state index contributed by atoms with van der Waals surface area (Å²) in [5, 5.41) is 49.5. The van der Waals surface area contributed by atoms with E-state index in [0.717, 1.165) is 0 Å². The first kappa shape index (κ1) is 29.1. The summed E-state index contributed by atoms with van der Waals surface area (Å²) in [6, 6.07) is 0. The predicted molar refractivity (Wildman–Crippen MR) is 137 cm³/mol. The number of fused-ring (bicyclic) bond motifs is 5. The Morgan fingerprint density at radius 1 is 1.03 bits per heavy atom. The second-order valence-corrected chi connectivity index (χ2v) is 13.9. The first-order chi connectivity index (χ1) is 16.6. The monoisotopic (exact) mass is 524 g/mol. The van der Waals surface area contributed by atoms with Gasteiger partial charge in [0, 0.05) is 23.2 Å². The van der Waals surface area contributed by atoms with Gasteiger partial charge in [0.1, 0.15) is 11.7 Å². The maximum absolute atomic E-state index is 13.7. The zero-order chi connectivity index (χ0) is 28.3. The summed E-state index contributed by atoms with van der Waals surface area (Å²) in [4.78, 5) is 13.7. The Bertz CT molecular complexity index is 988. The van der Waals surface area contributed by atoms with Crippen molar-refractivity contribution in [1.29, 1.82) is 0 Å². The molecule has 0 aromatic carbocycles. The summed E-state index contributed by atoms with van der Waals surface area (Å²) in [7, 11) is 0. The standard InChI is InChI=1S/C29H48O8/c1-14(2)18(6)36-26(11)22(31)17(5)28(33)19-12-15(3)21(30)29(19,34)23-27(32,13-35-25(9,10)37-23)16(4)20(28)24(26,7)8/h12,14,16-20,22-23,31-34H,13H2,1-11H3/t16-,17+,18?,19-,20-,22+,23+,26+,27-,28-,29+/m0/s1. The number of ketones is 1. The maximum Gasteiger partial charge on any atom is 0.193 e. The minimum Gasteiger partial charge on any atom is -0.390 e. The van der Waals surface area contributed by atoms with E-state index in [1.165, 1.54) is 0 Å². The van der Waals surface area contributed by atoms with Crippen molar-refractivity contribution >= 4 is 5.78 Å². The molecule has 0 spiro atoms. The van der Waals surface area contributed by atoms with Crippen molar-refractivity contribution in [2.24, 2.45) is 35.0 Å². The van der Waals surface area contributed by atoms with Crippen molar-refractivity contribution in [3.8, 4) is 0 Å². The quantitative estimate of drug-likeness (QED) is 0.444. The smallest absolute Gasteiger partial charge is 0.193 e. The summed E-state index contributed by atoms with van der Waals surface area (Å²) in [6.45, 7) is 20.1. The van der Waals surface area contributed by atoms with Gasteiger partial charge in [-0.3, -0.25) is 4.79 Å². The lowest BCUT2D eigenvalue weighted by atomic mass is 9.44. The fourth-order valence-electron chi connectivity index (χ4n) is 8.12. The van der Waals surface area contributed by atoms with Crippen LogP contribution in [0.15, 0.2) is 11.6 Å². The van der Waals surface area contributed by atoms with Gasteiger partial charge in [0.15, 0.2) is 17.2 Å². The number of aliphatic hydroxyl groups is 4. The fraction of sp³-hybridized carbons (Fsp3) is 0.897. The Morgan fingerprint density at radius 3 is 2.14 bits per heavy atom. The van der Waals surface area contributed by atoms with Gasteiger partial charge in [0.05, 0.1) is 30.0 Å². The van der Waals surface area contributed by atoms with E-state index in [1.807, 2.05) is 48.5 Å². The molecule has 0 radical (unpaired) electrons. The van der Waals surface area contributed by atoms with Crippen molar-refractivity contribution in [3.63, 3.8) is 0 Å². The fourth-order valence-corrected chi connectivity index (χ4v) is 8.12. The van der Waals surface area contributed by atoms with E-state index in [1.54, 1.807) is 33.8 Å². The maximum atomic E-state index is 13.7. The topological polar surface area (TPSA) is 126 Å². The number of rotatable bonds is 3. The normalized spacial score (nSPS) is 51.6. The van der Waals surface area contributed by atoms with Crippen LogP contribution < -0.4 is 0 Å². The minimum absolute atomic E-state index is 0.182. The van der Waals surface area contributed by atoms with Crippen LogP contribution in [0.4, 0.5) is 0 Å². The van der Waals surface area contributed by atoms with E-state index in [4.69, 9.17) is 14.2 Å². The Balaban J connectivity index is 2.01. The van der Waals surface area contributed by atoms with Crippen LogP contribution in [0.3, 0.4) is 0 Å². The molecule has 2 saturated carbocycles. The highest BCUT2D eigenvalue weighted by atomic mass is 16.7. The van der Waals surface area contributed by atoms with Gasteiger partial charge >= 0.3 is 0 Å². The van der Waals surface area contributed by atoms with Gasteiger partial charge in [-0.1, -0.05) is 47.6 Å².